The predicted molar refractivity (Wildman–Crippen MR) is 96.9 cm³/mol. The molecule has 0 amide bonds. The highest BCUT2D eigenvalue weighted by molar-refractivity contribution is 7.06. The van der Waals surface area contributed by atoms with Crippen LogP contribution in [0, 0.1) is 0 Å². The van der Waals surface area contributed by atoms with Crippen molar-refractivity contribution < 1.29 is 23.0 Å². The van der Waals surface area contributed by atoms with E-state index in [0.717, 1.165) is 0 Å². The summed E-state index contributed by atoms with van der Waals surface area (Å²) in [5, 5.41) is 16.6. The Kier molecular flexibility index (Phi) is 7.82. The maximum Gasteiger partial charge on any atom is 0.429 e. The molecule has 146 valence electrons. The van der Waals surface area contributed by atoms with Gasteiger partial charge < -0.3 is 15.2 Å². The smallest absolute Gasteiger partial charge is 0.429 e. The van der Waals surface area contributed by atoms with Crippen LogP contribution < -0.4 is 10.1 Å². The lowest BCUT2D eigenvalue weighted by molar-refractivity contribution is -0.134. The van der Waals surface area contributed by atoms with Crippen molar-refractivity contribution in [3.63, 3.8) is 0 Å². The summed E-state index contributed by atoms with van der Waals surface area (Å²) < 4.78 is 47.5. The Morgan fingerprint density at radius 1 is 1.19 bits per heavy atom. The van der Waals surface area contributed by atoms with Gasteiger partial charge in [-0.3, -0.25) is 0 Å². The number of nitrogens with one attached hydrogen (secondary N) is 1. The first kappa shape index (κ1) is 22.6. The van der Waals surface area contributed by atoms with Crippen LogP contribution in [-0.4, -0.2) is 39.5 Å². The van der Waals surface area contributed by atoms with Gasteiger partial charge in [0.1, 0.15) is 24.2 Å². The Hall–Kier alpha value is -1.42. The summed E-state index contributed by atoms with van der Waals surface area (Å²) in [5.41, 5.74) is 0.00208. The minimum absolute atomic E-state index is 0. The Bertz CT molecular complexity index is 687. The molecule has 0 radical (unpaired) electrons. The van der Waals surface area contributed by atoms with E-state index in [1.165, 1.54) is 12.1 Å². The summed E-state index contributed by atoms with van der Waals surface area (Å²) in [6.07, 6.45) is -5.18. The number of aromatic nitrogens is 2. The molecule has 0 aliphatic heterocycles. The van der Waals surface area contributed by atoms with Crippen LogP contribution in [0.4, 0.5) is 13.2 Å². The minimum Gasteiger partial charge on any atom is -0.491 e. The molecule has 0 saturated carbocycles. The first-order valence-electron chi connectivity index (χ1n) is 7.62. The molecule has 1 aromatic carbocycles. The van der Waals surface area contributed by atoms with Gasteiger partial charge in [0.25, 0.3) is 0 Å². The van der Waals surface area contributed by atoms with Crippen LogP contribution in [0.1, 0.15) is 25.6 Å². The van der Waals surface area contributed by atoms with Crippen molar-refractivity contribution in [2.75, 3.05) is 13.2 Å². The van der Waals surface area contributed by atoms with Gasteiger partial charge in [-0.1, -0.05) is 4.49 Å². The fourth-order valence-electron chi connectivity index (χ4n) is 1.95. The van der Waals surface area contributed by atoms with E-state index >= 15 is 0 Å². The van der Waals surface area contributed by atoms with Gasteiger partial charge in [0, 0.05) is 17.6 Å². The summed E-state index contributed by atoms with van der Waals surface area (Å²) in [5.74, 6) is 0.454. The average Bonchev–Trinajstić information content (AvgIpc) is 3.00. The highest BCUT2D eigenvalue weighted by Crippen LogP contribution is 2.38. The topological polar surface area (TPSA) is 67.3 Å². The van der Waals surface area contributed by atoms with E-state index in [0.29, 0.717) is 29.4 Å². The van der Waals surface area contributed by atoms with Gasteiger partial charge in [0.15, 0.2) is 4.88 Å². The van der Waals surface area contributed by atoms with Crippen molar-refractivity contribution in [2.24, 2.45) is 0 Å². The number of halogens is 4. The normalized spacial score (nSPS) is 13.2. The monoisotopic (exact) mass is 411 g/mol. The summed E-state index contributed by atoms with van der Waals surface area (Å²) in [6.45, 7) is 6.42. The second-order valence-electron chi connectivity index (χ2n) is 6.57. The zero-order chi connectivity index (χ0) is 18.7. The fraction of sp³-hybridized carbons (Fsp3) is 0.500. The molecule has 5 nitrogen and oxygen atoms in total. The van der Waals surface area contributed by atoms with E-state index in [9.17, 15) is 18.3 Å². The lowest BCUT2D eigenvalue weighted by Crippen LogP contribution is -2.42. The van der Waals surface area contributed by atoms with Gasteiger partial charge in [0.2, 0.25) is 0 Å². The van der Waals surface area contributed by atoms with Crippen molar-refractivity contribution in [1.82, 2.24) is 14.9 Å². The molecule has 1 aromatic heterocycles. The number of rotatable bonds is 6. The first-order chi connectivity index (χ1) is 11.6. The molecule has 0 spiro atoms. The molecule has 1 heterocycles. The summed E-state index contributed by atoms with van der Waals surface area (Å²) in [6, 6.07) is 6.06. The van der Waals surface area contributed by atoms with E-state index < -0.39 is 17.2 Å². The van der Waals surface area contributed by atoms with Gasteiger partial charge in [-0.05, 0) is 56.6 Å². The Labute approximate surface area is 160 Å². The second-order valence-corrected chi connectivity index (χ2v) is 7.32. The molecule has 2 rings (SSSR count). The number of nitrogens with zero attached hydrogens (tertiary/aromatic N) is 2. The Balaban J connectivity index is 0.00000338. The number of benzene rings is 1. The van der Waals surface area contributed by atoms with Crippen LogP contribution >= 0.6 is 23.9 Å². The van der Waals surface area contributed by atoms with Crippen molar-refractivity contribution in [3.05, 3.63) is 29.1 Å². The second kappa shape index (κ2) is 8.98. The van der Waals surface area contributed by atoms with Gasteiger partial charge in [-0.15, -0.1) is 17.5 Å². The molecular weight excluding hydrogens is 391 g/mol. The van der Waals surface area contributed by atoms with Crippen molar-refractivity contribution in [3.8, 4) is 17.0 Å². The van der Waals surface area contributed by atoms with Crippen molar-refractivity contribution in [1.29, 1.82) is 0 Å². The lowest BCUT2D eigenvalue weighted by atomic mass is 10.1. The standard InChI is InChI=1S/C16H20F3N3O2S.ClH/c1-15(2,3)20-8-11(23)9-24-12-6-4-10(5-7-12)13-14(16(17,18)19)25-22-21-13;/h4-7,11,20,23H,8-9H2,1-3H3;1H. The van der Waals surface area contributed by atoms with Gasteiger partial charge >= 0.3 is 6.18 Å². The van der Waals surface area contributed by atoms with Crippen molar-refractivity contribution in [2.45, 2.75) is 38.6 Å². The number of β-amino-alcohol motifs (C(OH)–C–C–N with tert-alkyl or cyclic N) is 1. The third-order valence-electron chi connectivity index (χ3n) is 3.18. The summed E-state index contributed by atoms with van der Waals surface area (Å²) >= 11 is 0.320. The molecule has 1 unspecified atom stereocenters. The Morgan fingerprint density at radius 3 is 2.35 bits per heavy atom. The summed E-state index contributed by atoms with van der Waals surface area (Å²) in [4.78, 5) is -0.829. The molecule has 0 fully saturated rings. The summed E-state index contributed by atoms with van der Waals surface area (Å²) in [7, 11) is 0. The van der Waals surface area contributed by atoms with E-state index in [-0.39, 0.29) is 30.2 Å². The van der Waals surface area contributed by atoms with E-state index in [1.807, 2.05) is 20.8 Å². The number of aliphatic hydroxyl groups is 1. The lowest BCUT2D eigenvalue weighted by Gasteiger charge is -2.23. The largest absolute Gasteiger partial charge is 0.491 e. The minimum atomic E-state index is -4.48. The molecule has 0 aliphatic carbocycles. The van der Waals surface area contributed by atoms with E-state index in [2.05, 4.69) is 14.9 Å². The van der Waals surface area contributed by atoms with Gasteiger partial charge in [-0.25, -0.2) is 0 Å². The van der Waals surface area contributed by atoms with Crippen LogP contribution in [0.15, 0.2) is 24.3 Å². The number of alkyl halides is 3. The maximum absolute atomic E-state index is 12.9. The maximum atomic E-state index is 12.9. The number of hydrogen-bond acceptors (Lipinski definition) is 6. The van der Waals surface area contributed by atoms with E-state index in [1.54, 1.807) is 12.1 Å². The van der Waals surface area contributed by atoms with Gasteiger partial charge in [-0.2, -0.15) is 13.2 Å². The zero-order valence-electron chi connectivity index (χ0n) is 14.5. The zero-order valence-corrected chi connectivity index (χ0v) is 16.1. The van der Waals surface area contributed by atoms with Crippen LogP contribution in [0.2, 0.25) is 0 Å². The third kappa shape index (κ3) is 6.71. The molecule has 0 aliphatic rings. The molecule has 0 bridgehead atoms. The number of hydrogen-bond donors (Lipinski definition) is 2. The van der Waals surface area contributed by atoms with Crippen LogP contribution in [0.25, 0.3) is 11.3 Å². The molecule has 26 heavy (non-hydrogen) atoms. The van der Waals surface area contributed by atoms with Crippen molar-refractivity contribution >= 4 is 23.9 Å². The third-order valence-corrected chi connectivity index (χ3v) is 3.95. The van der Waals surface area contributed by atoms with Crippen LogP contribution in [0.5, 0.6) is 5.75 Å². The van der Waals surface area contributed by atoms with Crippen LogP contribution in [0.3, 0.4) is 0 Å². The number of ether oxygens (including phenoxy) is 1. The molecule has 2 aromatic rings. The SMILES string of the molecule is CC(C)(C)NCC(O)COc1ccc(-c2nnsc2C(F)(F)F)cc1.Cl. The van der Waals surface area contributed by atoms with Gasteiger partial charge in [0.05, 0.1) is 0 Å². The fourth-order valence-corrected chi connectivity index (χ4v) is 2.50. The first-order valence-corrected chi connectivity index (χ1v) is 8.39. The highest BCUT2D eigenvalue weighted by atomic mass is 35.5. The molecule has 1 atom stereocenters. The van der Waals surface area contributed by atoms with E-state index in [4.69, 9.17) is 4.74 Å². The number of aliphatic hydroxyl groups excluding tert-OH is 1. The average molecular weight is 412 g/mol. The molecule has 2 N–H and O–H groups in total. The highest BCUT2D eigenvalue weighted by Gasteiger charge is 2.37. The molecular formula is C16H21ClF3N3O2S. The molecule has 10 heteroatoms. The predicted octanol–water partition coefficient (Wildman–Crippen LogP) is 3.77. The molecule has 0 saturated heterocycles. The van der Waals surface area contributed by atoms with Crippen LogP contribution in [-0.2, 0) is 6.18 Å². The quantitative estimate of drug-likeness (QED) is 0.757. The Morgan fingerprint density at radius 2 is 1.81 bits per heavy atom.